The molecule has 0 aliphatic heterocycles. The van der Waals surface area contributed by atoms with Crippen molar-refractivity contribution in [3.8, 4) is 0 Å². The monoisotopic (exact) mass is 664 g/mol. The molecule has 0 aromatic heterocycles. The van der Waals surface area contributed by atoms with E-state index in [1.54, 1.807) is 114 Å². The zero-order valence-corrected chi connectivity index (χ0v) is 31.2. The molecule has 0 unspecified atom stereocenters. The Morgan fingerprint density at radius 2 is 0.780 bits per heavy atom. The molecule has 0 saturated carbocycles. The first-order chi connectivity index (χ1) is 24.1. The average Bonchev–Trinajstić information content (AvgIpc) is 3.86. The second kappa shape index (κ2) is 6.31. The van der Waals surface area contributed by atoms with E-state index in [1.807, 2.05) is 0 Å². The van der Waals surface area contributed by atoms with Gasteiger partial charge in [-0.2, -0.15) is 0 Å². The standard InChI is InChI=1S/C48H32Si2/c1-49(2,3)17-47-28-16-15-26-25-12-11-24-22-10-9-20-19-7-8-21-23-13-14-27(28)36-33(23)38-30(21)29(19)37-31(20)32(22)39-34(24)35(25)44(42(26)47)48(18-50(4,5)6)43(39)40(37)41(38)46(48)45(36)47/h7-16H,17-18H2,1-6H3/t47-,48+/m0/s1. The molecule has 11 aromatic carbocycles. The van der Waals surface area contributed by atoms with Crippen molar-refractivity contribution < 1.29 is 0 Å². The van der Waals surface area contributed by atoms with Gasteiger partial charge in [-0.15, -0.1) is 0 Å². The van der Waals surface area contributed by atoms with Gasteiger partial charge in [-0.25, -0.2) is 0 Å². The molecule has 5 aliphatic rings. The molecular weight excluding hydrogens is 633 g/mol. The first kappa shape index (κ1) is 24.6. The third-order valence-corrected chi connectivity index (χ3v) is 18.3. The molecule has 50 heavy (non-hydrogen) atoms. The Labute approximate surface area is 289 Å². The highest BCUT2D eigenvalue weighted by Gasteiger charge is 2.64. The van der Waals surface area contributed by atoms with Gasteiger partial charge in [-0.3, -0.25) is 0 Å². The van der Waals surface area contributed by atoms with Gasteiger partial charge >= 0.3 is 0 Å². The van der Waals surface area contributed by atoms with Crippen molar-refractivity contribution in [2.45, 2.75) is 62.2 Å². The smallest absolute Gasteiger partial charge is 0.0460 e. The number of benzene rings is 7. The molecular formula is C48H32Si2. The van der Waals surface area contributed by atoms with Crippen LogP contribution in [0.1, 0.15) is 33.4 Å². The summed E-state index contributed by atoms with van der Waals surface area (Å²) in [6.07, 6.45) is 5.21. The highest BCUT2D eigenvalue weighted by Crippen LogP contribution is 2.77. The second-order valence-corrected chi connectivity index (χ2v) is 30.8. The van der Waals surface area contributed by atoms with Crippen LogP contribution in [0, 0.1) is 0 Å². The van der Waals surface area contributed by atoms with Gasteiger partial charge in [0.05, 0.1) is 0 Å². The van der Waals surface area contributed by atoms with Crippen molar-refractivity contribution in [3.63, 3.8) is 0 Å². The van der Waals surface area contributed by atoms with E-state index in [2.05, 4.69) is 100.0 Å². The summed E-state index contributed by atoms with van der Waals surface area (Å²) in [5.41, 5.74) is 11.8. The van der Waals surface area contributed by atoms with Gasteiger partial charge < -0.3 is 0 Å². The fraction of sp³-hybridized carbons (Fsp3) is 0.208. The fourth-order valence-corrected chi connectivity index (χ4v) is 19.0. The van der Waals surface area contributed by atoms with Crippen molar-refractivity contribution in [2.24, 2.45) is 0 Å². The molecule has 0 amide bonds. The maximum absolute atomic E-state index is 2.67. The summed E-state index contributed by atoms with van der Waals surface area (Å²) in [7, 11) is -3.26. The molecule has 0 saturated heterocycles. The Hall–Kier alpha value is -4.51. The lowest BCUT2D eigenvalue weighted by Crippen LogP contribution is -2.49. The van der Waals surface area contributed by atoms with Gasteiger partial charge in [0, 0.05) is 27.0 Å². The third-order valence-electron chi connectivity index (χ3n) is 15.1. The number of hydrogen-bond acceptors (Lipinski definition) is 0. The number of rotatable bonds is 4. The molecule has 0 spiro atoms. The maximum Gasteiger partial charge on any atom is 0.0460 e. The molecule has 0 fully saturated rings. The maximum atomic E-state index is 2.67. The molecule has 0 bridgehead atoms. The number of allylic oxidation sites excluding steroid dienone is 2. The van der Waals surface area contributed by atoms with Gasteiger partial charge in [0.15, 0.2) is 0 Å². The average molecular weight is 665 g/mol. The number of hydrogen-bond donors (Lipinski definition) is 0. The highest BCUT2D eigenvalue weighted by molar-refractivity contribution is 6.77. The van der Waals surface area contributed by atoms with Crippen molar-refractivity contribution in [3.05, 3.63) is 93.2 Å². The van der Waals surface area contributed by atoms with E-state index in [0.717, 1.165) is 0 Å². The predicted molar refractivity (Wildman–Crippen MR) is 222 cm³/mol. The molecule has 0 heterocycles. The van der Waals surface area contributed by atoms with E-state index in [0.29, 0.717) is 0 Å². The zero-order chi connectivity index (χ0) is 32.7. The largest absolute Gasteiger partial charge is 0.0695 e. The summed E-state index contributed by atoms with van der Waals surface area (Å²) < 4.78 is 0. The summed E-state index contributed by atoms with van der Waals surface area (Å²) in [5, 5.41) is 33.0. The Kier molecular flexibility index (Phi) is 3.11. The fourth-order valence-electron chi connectivity index (χ4n) is 14.8. The Morgan fingerprint density at radius 1 is 0.360 bits per heavy atom. The summed E-state index contributed by atoms with van der Waals surface area (Å²) in [5.74, 6) is 0. The summed E-state index contributed by atoms with van der Waals surface area (Å²) in [6, 6.07) is 22.8. The summed E-state index contributed by atoms with van der Waals surface area (Å²) >= 11 is 0. The van der Waals surface area contributed by atoms with Crippen LogP contribution < -0.4 is 5.22 Å². The van der Waals surface area contributed by atoms with E-state index in [9.17, 15) is 0 Å². The molecule has 0 N–H and O–H groups in total. The van der Waals surface area contributed by atoms with Crippen molar-refractivity contribution in [2.75, 3.05) is 0 Å². The first-order valence-corrected chi connectivity index (χ1v) is 26.4. The van der Waals surface area contributed by atoms with Gasteiger partial charge in [-0.05, 0) is 164 Å². The van der Waals surface area contributed by atoms with Crippen LogP contribution in [-0.4, -0.2) is 16.1 Å². The predicted octanol–water partition coefficient (Wildman–Crippen LogP) is 12.6. The Bertz CT molecular complexity index is 3710. The molecule has 0 nitrogen and oxygen atoms in total. The van der Waals surface area contributed by atoms with Crippen LogP contribution in [0.5, 0.6) is 0 Å². The van der Waals surface area contributed by atoms with Crippen LogP contribution in [-0.2, 0) is 10.8 Å². The molecule has 5 aliphatic carbocycles. The van der Waals surface area contributed by atoms with Crippen LogP contribution in [0.4, 0.5) is 0 Å². The summed E-state index contributed by atoms with van der Waals surface area (Å²) in [4.78, 5) is 0. The summed E-state index contributed by atoms with van der Waals surface area (Å²) in [6.45, 7) is 15.9. The lowest BCUT2D eigenvalue weighted by atomic mass is 9.55. The van der Waals surface area contributed by atoms with E-state index in [1.165, 1.54) is 49.8 Å². The number of fused-ring (bicyclic) bond motifs is 5. The normalized spacial score (nSPS) is 22.8. The third kappa shape index (κ3) is 1.88. The van der Waals surface area contributed by atoms with Crippen LogP contribution >= 0.6 is 0 Å². The van der Waals surface area contributed by atoms with E-state index < -0.39 is 16.1 Å². The van der Waals surface area contributed by atoms with Gasteiger partial charge in [0.25, 0.3) is 0 Å². The van der Waals surface area contributed by atoms with Gasteiger partial charge in [-0.1, -0.05) is 100.0 Å². The second-order valence-electron chi connectivity index (χ2n) is 19.8. The molecule has 2 atom stereocenters. The van der Waals surface area contributed by atoms with Crippen molar-refractivity contribution >= 4 is 136 Å². The van der Waals surface area contributed by atoms with E-state index in [-0.39, 0.29) is 10.8 Å². The highest BCUT2D eigenvalue weighted by atomic mass is 28.3. The van der Waals surface area contributed by atoms with Crippen molar-refractivity contribution in [1.29, 1.82) is 0 Å². The minimum atomic E-state index is -1.65. The Morgan fingerprint density at radius 3 is 1.38 bits per heavy atom. The van der Waals surface area contributed by atoms with Gasteiger partial charge in [0.1, 0.15) is 0 Å². The van der Waals surface area contributed by atoms with Crippen LogP contribution in [0.25, 0.3) is 119 Å². The van der Waals surface area contributed by atoms with E-state index >= 15 is 0 Å². The minimum Gasteiger partial charge on any atom is -0.0695 e. The Balaban J connectivity index is 1.41. The zero-order valence-electron chi connectivity index (χ0n) is 29.2. The molecule has 232 valence electrons. The van der Waals surface area contributed by atoms with Crippen LogP contribution in [0.15, 0.2) is 54.6 Å². The molecule has 0 radical (unpaired) electrons. The van der Waals surface area contributed by atoms with Gasteiger partial charge in [0.2, 0.25) is 0 Å². The first-order valence-electron chi connectivity index (χ1n) is 19.0. The lowest BCUT2D eigenvalue weighted by molar-refractivity contribution is 0.609. The SMILES string of the molecule is C[Si](C)(C)C[C@]12C3=CC=c4c1c1c5c4ccc4c6ccc7c8ccc9c%10ccc3c3c2c2c%11c%12c(c(c45)c6c7c%12c8c9c%11c3%10)[C@]12C[Si](C)(C)C. The topological polar surface area (TPSA) is 0 Å². The lowest BCUT2D eigenvalue weighted by Gasteiger charge is -2.51. The quantitative estimate of drug-likeness (QED) is 0.130. The molecule has 11 aromatic rings. The minimum absolute atomic E-state index is 0.0742. The molecule has 2 heteroatoms. The van der Waals surface area contributed by atoms with Crippen molar-refractivity contribution in [1.82, 2.24) is 0 Å². The van der Waals surface area contributed by atoms with E-state index in [4.69, 9.17) is 0 Å². The molecule has 16 rings (SSSR count). The van der Waals surface area contributed by atoms with Crippen LogP contribution in [0.2, 0.25) is 51.4 Å². The van der Waals surface area contributed by atoms with Crippen LogP contribution in [0.3, 0.4) is 0 Å².